The van der Waals surface area contributed by atoms with Gasteiger partial charge in [0.15, 0.2) is 0 Å². The number of carbonyl (C=O) groups is 3. The van der Waals surface area contributed by atoms with Gasteiger partial charge in [-0.1, -0.05) is 0 Å². The molecule has 0 radical (unpaired) electrons. The van der Waals surface area contributed by atoms with E-state index in [1.807, 2.05) is 0 Å². The Hall–Kier alpha value is -0.726. The molecule has 0 spiro atoms. The minimum Gasteiger partial charge on any atom is -0.424 e. The molecule has 0 unspecified atom stereocenters. The van der Waals surface area contributed by atoms with E-state index >= 15 is 0 Å². The van der Waals surface area contributed by atoms with E-state index < -0.39 is 18.5 Å². The SMILES string of the molecule is O=C([O-])OO.O=C([O-])OO.O=C([O-])OO.[Eu+3]. The van der Waals surface area contributed by atoms with Crippen molar-refractivity contribution in [1.29, 1.82) is 0 Å². The van der Waals surface area contributed by atoms with E-state index in [1.165, 1.54) is 0 Å². The van der Waals surface area contributed by atoms with Gasteiger partial charge in [-0.15, -0.1) is 0 Å². The molecule has 0 aliphatic carbocycles. The van der Waals surface area contributed by atoms with Crippen LogP contribution in [0.2, 0.25) is 0 Å². The van der Waals surface area contributed by atoms with E-state index in [9.17, 15) is 0 Å². The molecule has 0 atom stereocenters. The third kappa shape index (κ3) is 71.9. The molecule has 3 N–H and O–H groups in total. The average molecular weight is 383 g/mol. The van der Waals surface area contributed by atoms with Crippen molar-refractivity contribution >= 4 is 18.5 Å². The van der Waals surface area contributed by atoms with E-state index in [0.717, 1.165) is 0 Å². The van der Waals surface area contributed by atoms with Gasteiger partial charge in [-0.3, -0.25) is 15.8 Å². The van der Waals surface area contributed by atoms with Crippen molar-refractivity contribution in [2.24, 2.45) is 0 Å². The Balaban J connectivity index is -0.0000000655. The van der Waals surface area contributed by atoms with E-state index in [4.69, 9.17) is 45.5 Å². The van der Waals surface area contributed by atoms with Gasteiger partial charge in [0, 0.05) is 0 Å². The van der Waals surface area contributed by atoms with Gasteiger partial charge in [-0.05, 0) is 0 Å². The number of hydrogen-bond acceptors (Lipinski definition) is 12. The molecule has 12 nitrogen and oxygen atoms in total. The van der Waals surface area contributed by atoms with E-state index in [1.54, 1.807) is 0 Å². The van der Waals surface area contributed by atoms with E-state index in [-0.39, 0.29) is 49.4 Å². The summed E-state index contributed by atoms with van der Waals surface area (Å²) in [6, 6.07) is 0. The summed E-state index contributed by atoms with van der Waals surface area (Å²) in [6.45, 7) is 0. The van der Waals surface area contributed by atoms with Crippen LogP contribution in [0.4, 0.5) is 14.4 Å². The van der Waals surface area contributed by atoms with Crippen LogP contribution >= 0.6 is 0 Å². The molecule has 13 heteroatoms. The molecule has 0 aliphatic heterocycles. The van der Waals surface area contributed by atoms with Crippen molar-refractivity contribution in [3.63, 3.8) is 0 Å². The standard InChI is InChI=1S/3CH2O4.Eu/c3*2-1(3)5-4;/h3*4H,(H,2,3);/q;;;+3/p-3. The minimum atomic E-state index is -1.94. The molecule has 0 saturated carbocycles. The summed E-state index contributed by atoms with van der Waals surface area (Å²) >= 11 is 0. The molecule has 94 valence electrons. The zero-order valence-electron chi connectivity index (χ0n) is 6.89. The van der Waals surface area contributed by atoms with Gasteiger partial charge in [0.25, 0.3) is 18.5 Å². The molecule has 0 heterocycles. The van der Waals surface area contributed by atoms with E-state index in [2.05, 4.69) is 14.7 Å². The molecule has 0 aromatic carbocycles. The Morgan fingerprint density at radius 1 is 0.688 bits per heavy atom. The summed E-state index contributed by atoms with van der Waals surface area (Å²) in [5, 5.41) is 47.3. The van der Waals surface area contributed by atoms with Crippen LogP contribution in [0.25, 0.3) is 0 Å². The molecule has 0 bridgehead atoms. The van der Waals surface area contributed by atoms with Crippen LogP contribution in [-0.4, -0.2) is 34.2 Å². The predicted molar refractivity (Wildman–Crippen MR) is 27.3 cm³/mol. The molecular weight excluding hydrogens is 380 g/mol. The second-order valence-corrected chi connectivity index (χ2v) is 1.02. The van der Waals surface area contributed by atoms with Gasteiger partial charge in [-0.2, -0.15) is 0 Å². The Labute approximate surface area is 127 Å². The number of rotatable bonds is 0. The fraction of sp³-hybridized carbons (Fsp3) is 0. The molecule has 16 heavy (non-hydrogen) atoms. The maximum atomic E-state index is 8.78. The smallest absolute Gasteiger partial charge is 0.424 e. The monoisotopic (exact) mass is 384 g/mol. The second-order valence-electron chi connectivity index (χ2n) is 1.02. The topological polar surface area (TPSA) is 209 Å². The number of carbonyl (C=O) groups excluding carboxylic acids is 3. The summed E-state index contributed by atoms with van der Waals surface area (Å²) < 4.78 is 0. The van der Waals surface area contributed by atoms with Crippen molar-refractivity contribution in [2.45, 2.75) is 0 Å². The van der Waals surface area contributed by atoms with Crippen LogP contribution in [-0.2, 0) is 14.7 Å². The number of carboxylic acid groups (broad SMARTS) is 3. The first kappa shape index (κ1) is 24.5. The van der Waals surface area contributed by atoms with Gasteiger partial charge >= 0.3 is 49.4 Å². The second kappa shape index (κ2) is 19.8. The number of hydrogen-bond donors (Lipinski definition) is 3. The fourth-order valence-electron chi connectivity index (χ4n) is 0. The van der Waals surface area contributed by atoms with Gasteiger partial charge in [0.2, 0.25) is 0 Å². The minimum absolute atomic E-state index is 0. The first-order valence-electron chi connectivity index (χ1n) is 2.38. The summed E-state index contributed by atoms with van der Waals surface area (Å²) in [4.78, 5) is 34.0. The van der Waals surface area contributed by atoms with Crippen LogP contribution in [0.1, 0.15) is 0 Å². The third-order valence-corrected chi connectivity index (χ3v) is 0.224. The molecule has 0 fully saturated rings. The molecule has 0 amide bonds. The summed E-state index contributed by atoms with van der Waals surface area (Å²) in [5.41, 5.74) is 0. The van der Waals surface area contributed by atoms with Crippen molar-refractivity contribution in [2.75, 3.05) is 0 Å². The van der Waals surface area contributed by atoms with E-state index in [0.29, 0.717) is 0 Å². The van der Waals surface area contributed by atoms with Crippen molar-refractivity contribution in [3.8, 4) is 0 Å². The summed E-state index contributed by atoms with van der Waals surface area (Å²) in [5.74, 6) is 0. The maximum Gasteiger partial charge on any atom is 3.00 e. The Morgan fingerprint density at radius 3 is 0.750 bits per heavy atom. The maximum absolute atomic E-state index is 8.78. The van der Waals surface area contributed by atoms with Gasteiger partial charge < -0.3 is 44.4 Å². The molecule has 0 rings (SSSR count). The third-order valence-electron chi connectivity index (χ3n) is 0.224. The Kier molecular flexibility index (Phi) is 30.3. The normalized spacial score (nSPS) is 6.19. The van der Waals surface area contributed by atoms with Crippen LogP contribution in [0.3, 0.4) is 0 Å². The molecular formula is C3H3EuO12. The van der Waals surface area contributed by atoms with Crippen molar-refractivity contribution in [3.05, 3.63) is 0 Å². The average Bonchev–Trinajstić information content (AvgIpc) is 2.19. The fourth-order valence-corrected chi connectivity index (χ4v) is 0. The van der Waals surface area contributed by atoms with Gasteiger partial charge in [0.05, 0.1) is 0 Å². The molecule has 0 aromatic heterocycles. The van der Waals surface area contributed by atoms with Gasteiger partial charge in [-0.25, -0.2) is 0 Å². The van der Waals surface area contributed by atoms with Crippen LogP contribution in [0.5, 0.6) is 0 Å². The zero-order valence-corrected chi connectivity index (χ0v) is 9.32. The summed E-state index contributed by atoms with van der Waals surface area (Å²) in [7, 11) is 0. The largest absolute Gasteiger partial charge is 3.00 e. The van der Waals surface area contributed by atoms with Crippen LogP contribution < -0.4 is 15.3 Å². The summed E-state index contributed by atoms with van der Waals surface area (Å²) in [6.07, 6.45) is -5.82. The van der Waals surface area contributed by atoms with Crippen molar-refractivity contribution in [1.82, 2.24) is 0 Å². The quantitative estimate of drug-likeness (QED) is 0.211. The van der Waals surface area contributed by atoms with Gasteiger partial charge in [0.1, 0.15) is 0 Å². The molecule has 0 aromatic rings. The zero-order chi connectivity index (χ0) is 12.9. The molecule has 0 aliphatic rings. The Bertz CT molecular complexity index is 155. The van der Waals surface area contributed by atoms with Crippen molar-refractivity contribution < 1.29 is 110 Å². The van der Waals surface area contributed by atoms with Crippen LogP contribution in [0.15, 0.2) is 0 Å². The first-order chi connectivity index (χ1) is 6.81. The Morgan fingerprint density at radius 2 is 0.750 bits per heavy atom. The van der Waals surface area contributed by atoms with Crippen LogP contribution in [0, 0.1) is 49.4 Å². The molecule has 0 saturated heterocycles. The first-order valence-corrected chi connectivity index (χ1v) is 2.38. The predicted octanol–water partition coefficient (Wildman–Crippen LogP) is -3.54.